The van der Waals surface area contributed by atoms with Crippen LogP contribution in [-0.2, 0) is 9.53 Å². The minimum Gasteiger partial charge on any atom is -0.467 e. The van der Waals surface area contributed by atoms with E-state index in [4.69, 9.17) is 4.74 Å². The van der Waals surface area contributed by atoms with E-state index in [0.29, 0.717) is 10.2 Å². The maximum absolute atomic E-state index is 12.8. The van der Waals surface area contributed by atoms with Crippen LogP contribution in [0, 0.1) is 0 Å². The predicted octanol–water partition coefficient (Wildman–Crippen LogP) is 2.86. The van der Waals surface area contributed by atoms with Crippen molar-refractivity contribution >= 4 is 27.5 Å². The molecule has 1 atom stereocenters. The molecule has 2 heterocycles. The molecule has 0 saturated carbocycles. The molecule has 5 nitrogen and oxygen atoms in total. The average Bonchev–Trinajstić information content (AvgIpc) is 2.99. The minimum absolute atomic E-state index is 0.233. The van der Waals surface area contributed by atoms with E-state index in [1.54, 1.807) is 6.92 Å². The molecule has 0 aliphatic carbocycles. The summed E-state index contributed by atoms with van der Waals surface area (Å²) in [6.07, 6.45) is 1.40. The molecule has 1 aromatic carbocycles. The highest BCUT2D eigenvalue weighted by atomic mass is 32.1. The molecular formula is C16H14N2O3S. The molecule has 0 bridgehead atoms. The van der Waals surface area contributed by atoms with Crippen LogP contribution in [0.5, 0.6) is 0 Å². The molecule has 0 N–H and O–H groups in total. The van der Waals surface area contributed by atoms with Gasteiger partial charge in [-0.1, -0.05) is 30.3 Å². The van der Waals surface area contributed by atoms with Crippen LogP contribution in [0.4, 0.5) is 0 Å². The smallest absolute Gasteiger partial charge is 0.328 e. The molecule has 2 aromatic heterocycles. The Kier molecular flexibility index (Phi) is 3.77. The second-order valence-corrected chi connectivity index (χ2v) is 5.71. The van der Waals surface area contributed by atoms with Gasteiger partial charge in [-0.2, -0.15) is 0 Å². The van der Waals surface area contributed by atoms with Crippen molar-refractivity contribution in [2.24, 2.45) is 0 Å². The summed E-state index contributed by atoms with van der Waals surface area (Å²) in [6, 6.07) is 8.95. The molecule has 0 radical (unpaired) electrons. The molecule has 3 aromatic rings. The van der Waals surface area contributed by atoms with Crippen LogP contribution >= 0.6 is 11.3 Å². The summed E-state index contributed by atoms with van der Waals surface area (Å²) in [6.45, 7) is 1.62. The quantitative estimate of drug-likeness (QED) is 0.697. The van der Waals surface area contributed by atoms with Gasteiger partial charge in [0.15, 0.2) is 0 Å². The molecule has 3 rings (SSSR count). The monoisotopic (exact) mass is 314 g/mol. The highest BCUT2D eigenvalue weighted by molar-refractivity contribution is 7.17. The third-order valence-corrected chi connectivity index (χ3v) is 4.45. The summed E-state index contributed by atoms with van der Waals surface area (Å²) in [5, 5.41) is 2.45. The first-order chi connectivity index (χ1) is 10.6. The zero-order chi connectivity index (χ0) is 15.7. The van der Waals surface area contributed by atoms with Gasteiger partial charge < -0.3 is 4.74 Å². The number of esters is 1. The molecule has 1 unspecified atom stereocenters. The van der Waals surface area contributed by atoms with Crippen molar-refractivity contribution in [1.29, 1.82) is 0 Å². The number of carbonyl (C=O) groups excluding carboxylic acids is 1. The molecule has 0 fully saturated rings. The van der Waals surface area contributed by atoms with Crippen LogP contribution in [0.2, 0.25) is 0 Å². The van der Waals surface area contributed by atoms with Gasteiger partial charge in [0.05, 0.1) is 18.8 Å². The van der Waals surface area contributed by atoms with Gasteiger partial charge in [0, 0.05) is 10.9 Å². The number of hydrogen-bond acceptors (Lipinski definition) is 5. The Morgan fingerprint density at radius 1 is 1.32 bits per heavy atom. The first kappa shape index (κ1) is 14.5. The first-order valence-corrected chi connectivity index (χ1v) is 7.63. The third kappa shape index (κ3) is 2.31. The van der Waals surface area contributed by atoms with Crippen molar-refractivity contribution in [3.63, 3.8) is 0 Å². The summed E-state index contributed by atoms with van der Waals surface area (Å²) in [5.74, 6) is -0.472. The highest BCUT2D eigenvalue weighted by Gasteiger charge is 2.20. The van der Waals surface area contributed by atoms with E-state index in [0.717, 1.165) is 11.1 Å². The fourth-order valence-electron chi connectivity index (χ4n) is 2.34. The number of ether oxygens (including phenoxy) is 1. The number of aromatic nitrogens is 2. The van der Waals surface area contributed by atoms with Crippen molar-refractivity contribution in [3.05, 3.63) is 52.4 Å². The number of methoxy groups -OCH3 is 1. The molecule has 0 amide bonds. The minimum atomic E-state index is -0.710. The van der Waals surface area contributed by atoms with Crippen molar-refractivity contribution < 1.29 is 9.53 Å². The SMILES string of the molecule is COC(=O)C(C)n1cnc2scc(-c3ccccc3)c2c1=O. The number of benzene rings is 1. The number of hydrogen-bond donors (Lipinski definition) is 0. The highest BCUT2D eigenvalue weighted by Crippen LogP contribution is 2.30. The largest absolute Gasteiger partial charge is 0.467 e. The van der Waals surface area contributed by atoms with E-state index in [1.807, 2.05) is 35.7 Å². The van der Waals surface area contributed by atoms with Crippen molar-refractivity contribution in [3.8, 4) is 11.1 Å². The van der Waals surface area contributed by atoms with Gasteiger partial charge in [-0.05, 0) is 12.5 Å². The maximum atomic E-state index is 12.8. The third-order valence-electron chi connectivity index (χ3n) is 3.56. The zero-order valence-corrected chi connectivity index (χ0v) is 13.0. The van der Waals surface area contributed by atoms with Crippen LogP contribution in [0.3, 0.4) is 0 Å². The Labute approximate surface area is 130 Å². The van der Waals surface area contributed by atoms with Crippen molar-refractivity contribution in [1.82, 2.24) is 9.55 Å². The van der Waals surface area contributed by atoms with E-state index < -0.39 is 12.0 Å². The van der Waals surface area contributed by atoms with E-state index in [1.165, 1.54) is 29.3 Å². The van der Waals surface area contributed by atoms with Gasteiger partial charge in [0.25, 0.3) is 5.56 Å². The molecule has 6 heteroatoms. The van der Waals surface area contributed by atoms with Gasteiger partial charge in [-0.15, -0.1) is 11.3 Å². The number of fused-ring (bicyclic) bond motifs is 1. The van der Waals surface area contributed by atoms with Gasteiger partial charge in [-0.3, -0.25) is 9.36 Å². The molecule has 22 heavy (non-hydrogen) atoms. The summed E-state index contributed by atoms with van der Waals surface area (Å²) in [4.78, 5) is 29.4. The Morgan fingerprint density at radius 3 is 2.73 bits per heavy atom. The first-order valence-electron chi connectivity index (χ1n) is 6.75. The molecule has 0 aliphatic heterocycles. The van der Waals surface area contributed by atoms with Crippen LogP contribution in [0.15, 0.2) is 46.8 Å². The molecule has 0 spiro atoms. The summed E-state index contributed by atoms with van der Waals surface area (Å²) < 4.78 is 6.02. The molecule has 0 aliphatic rings. The lowest BCUT2D eigenvalue weighted by molar-refractivity contribution is -0.144. The molecular weight excluding hydrogens is 300 g/mol. The van der Waals surface area contributed by atoms with Gasteiger partial charge >= 0.3 is 5.97 Å². The Morgan fingerprint density at radius 2 is 2.05 bits per heavy atom. The summed E-state index contributed by atoms with van der Waals surface area (Å²) in [7, 11) is 1.30. The Hall–Kier alpha value is -2.47. The van der Waals surface area contributed by atoms with E-state index in [2.05, 4.69) is 4.98 Å². The second kappa shape index (κ2) is 5.73. The number of carbonyl (C=O) groups is 1. The van der Waals surface area contributed by atoms with Crippen LogP contribution < -0.4 is 5.56 Å². The fraction of sp³-hybridized carbons (Fsp3) is 0.188. The number of thiophene rings is 1. The summed E-state index contributed by atoms with van der Waals surface area (Å²) >= 11 is 1.42. The Bertz CT molecular complexity index is 883. The lowest BCUT2D eigenvalue weighted by Gasteiger charge is -2.12. The standard InChI is InChI=1S/C16H14N2O3S/c1-10(16(20)21-2)18-9-17-14-13(15(18)19)12(8-22-14)11-6-4-3-5-7-11/h3-10H,1-2H3. The van der Waals surface area contributed by atoms with E-state index in [-0.39, 0.29) is 5.56 Å². The van der Waals surface area contributed by atoms with Crippen LogP contribution in [0.1, 0.15) is 13.0 Å². The van der Waals surface area contributed by atoms with Crippen LogP contribution in [0.25, 0.3) is 21.3 Å². The van der Waals surface area contributed by atoms with E-state index in [9.17, 15) is 9.59 Å². The lowest BCUT2D eigenvalue weighted by atomic mass is 10.1. The average molecular weight is 314 g/mol. The van der Waals surface area contributed by atoms with Gasteiger partial charge in [-0.25, -0.2) is 9.78 Å². The molecule has 112 valence electrons. The number of nitrogens with zero attached hydrogens (tertiary/aromatic N) is 2. The van der Waals surface area contributed by atoms with Gasteiger partial charge in [0.2, 0.25) is 0 Å². The Balaban J connectivity index is 2.22. The maximum Gasteiger partial charge on any atom is 0.328 e. The lowest BCUT2D eigenvalue weighted by Crippen LogP contribution is -2.29. The number of rotatable bonds is 3. The van der Waals surface area contributed by atoms with Crippen molar-refractivity contribution in [2.75, 3.05) is 7.11 Å². The summed E-state index contributed by atoms with van der Waals surface area (Å²) in [5.41, 5.74) is 1.56. The zero-order valence-electron chi connectivity index (χ0n) is 12.1. The fourth-order valence-corrected chi connectivity index (χ4v) is 3.24. The normalized spacial score (nSPS) is 12.3. The van der Waals surface area contributed by atoms with Crippen molar-refractivity contribution in [2.45, 2.75) is 13.0 Å². The van der Waals surface area contributed by atoms with Crippen LogP contribution in [-0.4, -0.2) is 22.6 Å². The molecule has 0 saturated heterocycles. The predicted molar refractivity (Wildman–Crippen MR) is 86.0 cm³/mol. The topological polar surface area (TPSA) is 61.2 Å². The second-order valence-electron chi connectivity index (χ2n) is 4.85. The van der Waals surface area contributed by atoms with Gasteiger partial charge in [0.1, 0.15) is 10.9 Å². The van der Waals surface area contributed by atoms with E-state index >= 15 is 0 Å².